The molecule has 144 valence electrons. The summed E-state index contributed by atoms with van der Waals surface area (Å²) in [4.78, 5) is 24.7. The van der Waals surface area contributed by atoms with Crippen molar-refractivity contribution in [3.63, 3.8) is 0 Å². The average molecular weight is 368 g/mol. The number of anilines is 1. The Hall–Kier alpha value is -2.82. The monoisotopic (exact) mass is 368 g/mol. The van der Waals surface area contributed by atoms with E-state index in [1.165, 1.54) is 0 Å². The molecule has 1 unspecified atom stereocenters. The molecule has 0 aliphatic rings. The maximum atomic E-state index is 12.5. The lowest BCUT2D eigenvalue weighted by molar-refractivity contribution is 0.0918. The molecule has 5 heteroatoms. The van der Waals surface area contributed by atoms with Crippen LogP contribution < -0.4 is 15.4 Å². The van der Waals surface area contributed by atoms with E-state index in [4.69, 9.17) is 4.74 Å². The summed E-state index contributed by atoms with van der Waals surface area (Å²) in [6.45, 7) is 9.83. The molecule has 5 nitrogen and oxygen atoms in total. The number of hydrogen-bond acceptors (Lipinski definition) is 3. The first kappa shape index (κ1) is 20.5. The van der Waals surface area contributed by atoms with E-state index in [2.05, 4.69) is 17.6 Å². The van der Waals surface area contributed by atoms with Crippen molar-refractivity contribution >= 4 is 17.5 Å². The van der Waals surface area contributed by atoms with Gasteiger partial charge in [0.15, 0.2) is 0 Å². The second kappa shape index (κ2) is 8.71. The number of amides is 2. The predicted molar refractivity (Wildman–Crippen MR) is 108 cm³/mol. The Kier molecular flexibility index (Phi) is 6.61. The number of carbonyl (C=O) groups excluding carboxylic acids is 2. The van der Waals surface area contributed by atoms with Crippen LogP contribution in [-0.2, 0) is 0 Å². The minimum atomic E-state index is -0.324. The average Bonchev–Trinajstić information content (AvgIpc) is 2.61. The summed E-state index contributed by atoms with van der Waals surface area (Å²) in [5.74, 6) is 0.324. The first-order valence-electron chi connectivity index (χ1n) is 9.18. The van der Waals surface area contributed by atoms with Crippen LogP contribution in [0.3, 0.4) is 0 Å². The highest BCUT2D eigenvalue weighted by Crippen LogP contribution is 2.17. The topological polar surface area (TPSA) is 67.4 Å². The molecule has 27 heavy (non-hydrogen) atoms. The summed E-state index contributed by atoms with van der Waals surface area (Å²) in [6, 6.07) is 13.9. The van der Waals surface area contributed by atoms with Gasteiger partial charge in [0, 0.05) is 22.4 Å². The lowest BCUT2D eigenvalue weighted by atomic mass is 10.1. The predicted octanol–water partition coefficient (Wildman–Crippen LogP) is 4.64. The number of benzene rings is 2. The molecule has 0 radical (unpaired) electrons. The molecule has 0 saturated carbocycles. The van der Waals surface area contributed by atoms with Crippen molar-refractivity contribution < 1.29 is 14.3 Å². The Balaban J connectivity index is 2.05. The number of hydrogen-bond donors (Lipinski definition) is 2. The molecule has 0 aliphatic heterocycles. The van der Waals surface area contributed by atoms with Crippen molar-refractivity contribution in [2.75, 3.05) is 5.32 Å². The van der Waals surface area contributed by atoms with Crippen LogP contribution in [0.5, 0.6) is 5.75 Å². The third-order valence-corrected chi connectivity index (χ3v) is 3.90. The number of rotatable bonds is 6. The molecule has 2 aromatic carbocycles. The normalized spacial score (nSPS) is 12.2. The molecule has 2 rings (SSSR count). The zero-order chi connectivity index (χ0) is 20.0. The standard InChI is InChI=1S/C22H28N2O3/c1-6-15(2)27-19-12-10-16(11-13-19)20(25)23-18-9-7-8-17(14-18)21(26)24-22(3,4)5/h7-15H,6H2,1-5H3,(H,23,25)(H,24,26). The van der Waals surface area contributed by atoms with Gasteiger partial charge in [-0.05, 0) is 76.6 Å². The van der Waals surface area contributed by atoms with Gasteiger partial charge in [-0.1, -0.05) is 13.0 Å². The fourth-order valence-corrected chi connectivity index (χ4v) is 2.35. The summed E-state index contributed by atoms with van der Waals surface area (Å²) >= 11 is 0. The van der Waals surface area contributed by atoms with Gasteiger partial charge in [-0.3, -0.25) is 9.59 Å². The second-order valence-corrected chi connectivity index (χ2v) is 7.60. The molecule has 0 spiro atoms. The van der Waals surface area contributed by atoms with Crippen LogP contribution in [0.1, 0.15) is 61.8 Å². The van der Waals surface area contributed by atoms with Gasteiger partial charge in [-0.15, -0.1) is 0 Å². The second-order valence-electron chi connectivity index (χ2n) is 7.60. The molecule has 0 saturated heterocycles. The van der Waals surface area contributed by atoms with E-state index in [9.17, 15) is 9.59 Å². The van der Waals surface area contributed by atoms with Gasteiger partial charge in [0.25, 0.3) is 11.8 Å². The minimum absolute atomic E-state index is 0.131. The van der Waals surface area contributed by atoms with Crippen LogP contribution in [0.15, 0.2) is 48.5 Å². The highest BCUT2D eigenvalue weighted by molar-refractivity contribution is 6.05. The zero-order valence-electron chi connectivity index (χ0n) is 16.6. The van der Waals surface area contributed by atoms with E-state index in [-0.39, 0.29) is 23.5 Å². The van der Waals surface area contributed by atoms with Crippen molar-refractivity contribution in [1.82, 2.24) is 5.32 Å². The molecular formula is C22H28N2O3. The van der Waals surface area contributed by atoms with E-state index in [1.54, 1.807) is 48.5 Å². The Morgan fingerprint density at radius 1 is 1.00 bits per heavy atom. The van der Waals surface area contributed by atoms with Crippen LogP contribution in [0.2, 0.25) is 0 Å². The summed E-state index contributed by atoms with van der Waals surface area (Å²) in [5.41, 5.74) is 1.27. The van der Waals surface area contributed by atoms with Gasteiger partial charge in [0.2, 0.25) is 0 Å². The number of ether oxygens (including phenoxy) is 1. The van der Waals surface area contributed by atoms with E-state index in [1.807, 2.05) is 27.7 Å². The van der Waals surface area contributed by atoms with Crippen molar-refractivity contribution in [2.24, 2.45) is 0 Å². The molecule has 1 atom stereocenters. The SMILES string of the molecule is CCC(C)Oc1ccc(C(=O)Nc2cccc(C(=O)NC(C)(C)C)c2)cc1. The van der Waals surface area contributed by atoms with Gasteiger partial charge >= 0.3 is 0 Å². The molecule has 0 heterocycles. The summed E-state index contributed by atoms with van der Waals surface area (Å²) in [5, 5.41) is 5.74. The minimum Gasteiger partial charge on any atom is -0.491 e. The number of nitrogens with one attached hydrogen (secondary N) is 2. The molecular weight excluding hydrogens is 340 g/mol. The molecule has 0 fully saturated rings. The fourth-order valence-electron chi connectivity index (χ4n) is 2.35. The smallest absolute Gasteiger partial charge is 0.255 e. The van der Waals surface area contributed by atoms with Gasteiger partial charge < -0.3 is 15.4 Å². The Bertz CT molecular complexity index is 792. The van der Waals surface area contributed by atoms with Crippen LogP contribution in [0.25, 0.3) is 0 Å². The maximum absolute atomic E-state index is 12.5. The third-order valence-electron chi connectivity index (χ3n) is 3.90. The van der Waals surface area contributed by atoms with E-state index in [0.29, 0.717) is 16.8 Å². The Labute approximate surface area is 161 Å². The maximum Gasteiger partial charge on any atom is 0.255 e. The fraction of sp³-hybridized carbons (Fsp3) is 0.364. The van der Waals surface area contributed by atoms with Crippen LogP contribution in [-0.4, -0.2) is 23.5 Å². The van der Waals surface area contributed by atoms with Gasteiger partial charge in [-0.25, -0.2) is 0 Å². The summed E-state index contributed by atoms with van der Waals surface area (Å²) in [6.07, 6.45) is 1.05. The van der Waals surface area contributed by atoms with Gasteiger partial charge in [0.05, 0.1) is 6.10 Å². The highest BCUT2D eigenvalue weighted by Gasteiger charge is 2.16. The molecule has 2 aromatic rings. The third kappa shape index (κ3) is 6.44. The molecule has 0 bridgehead atoms. The first-order chi connectivity index (χ1) is 12.7. The quantitative estimate of drug-likeness (QED) is 0.780. The lowest BCUT2D eigenvalue weighted by Gasteiger charge is -2.20. The van der Waals surface area contributed by atoms with E-state index < -0.39 is 0 Å². The summed E-state index contributed by atoms with van der Waals surface area (Å²) < 4.78 is 5.72. The Morgan fingerprint density at radius 3 is 2.26 bits per heavy atom. The van der Waals surface area contributed by atoms with Crippen LogP contribution in [0, 0.1) is 0 Å². The largest absolute Gasteiger partial charge is 0.491 e. The lowest BCUT2D eigenvalue weighted by Crippen LogP contribution is -2.40. The highest BCUT2D eigenvalue weighted by atomic mass is 16.5. The van der Waals surface area contributed by atoms with Crippen molar-refractivity contribution in [3.05, 3.63) is 59.7 Å². The molecule has 2 N–H and O–H groups in total. The van der Waals surface area contributed by atoms with Crippen LogP contribution in [0.4, 0.5) is 5.69 Å². The van der Waals surface area contributed by atoms with Crippen molar-refractivity contribution in [1.29, 1.82) is 0 Å². The van der Waals surface area contributed by atoms with Crippen molar-refractivity contribution in [2.45, 2.75) is 52.7 Å². The number of carbonyl (C=O) groups is 2. The molecule has 2 amide bonds. The first-order valence-corrected chi connectivity index (χ1v) is 9.18. The van der Waals surface area contributed by atoms with Crippen LogP contribution >= 0.6 is 0 Å². The molecule has 0 aliphatic carbocycles. The molecule has 0 aromatic heterocycles. The van der Waals surface area contributed by atoms with Crippen molar-refractivity contribution in [3.8, 4) is 5.75 Å². The van der Waals surface area contributed by atoms with Gasteiger partial charge in [-0.2, -0.15) is 0 Å². The zero-order valence-corrected chi connectivity index (χ0v) is 16.6. The Morgan fingerprint density at radius 2 is 1.67 bits per heavy atom. The van der Waals surface area contributed by atoms with Gasteiger partial charge in [0.1, 0.15) is 5.75 Å². The van der Waals surface area contributed by atoms with E-state index >= 15 is 0 Å². The summed E-state index contributed by atoms with van der Waals surface area (Å²) in [7, 11) is 0. The van der Waals surface area contributed by atoms with E-state index in [0.717, 1.165) is 12.2 Å².